The molecule has 0 saturated carbocycles. The molecule has 0 bridgehead atoms. The first-order chi connectivity index (χ1) is 5.29. The molecule has 11 heavy (non-hydrogen) atoms. The van der Waals surface area contributed by atoms with E-state index in [1.165, 1.54) is 6.33 Å². The van der Waals surface area contributed by atoms with Crippen LogP contribution in [0.2, 0.25) is 0 Å². The monoisotopic (exact) mass is 213 g/mol. The van der Waals surface area contributed by atoms with Gasteiger partial charge in [-0.3, -0.25) is 0 Å². The van der Waals surface area contributed by atoms with Crippen LogP contribution in [0.25, 0.3) is 5.78 Å². The number of hydrogen-bond donors (Lipinski definition) is 1. The summed E-state index contributed by atoms with van der Waals surface area (Å²) >= 11 is 3.26. The minimum atomic E-state index is 0.374. The van der Waals surface area contributed by atoms with E-state index in [1.54, 1.807) is 10.6 Å². The molecule has 0 aliphatic rings. The predicted molar refractivity (Wildman–Crippen MR) is 42.9 cm³/mol. The van der Waals surface area contributed by atoms with Gasteiger partial charge in [-0.05, 0) is 15.9 Å². The molecule has 2 aromatic heterocycles. The van der Waals surface area contributed by atoms with Gasteiger partial charge in [-0.1, -0.05) is 0 Å². The number of rotatable bonds is 0. The summed E-state index contributed by atoms with van der Waals surface area (Å²) in [7, 11) is 0. The maximum absolute atomic E-state index is 5.54. The average molecular weight is 214 g/mol. The van der Waals surface area contributed by atoms with Crippen LogP contribution in [0.3, 0.4) is 0 Å². The molecule has 0 spiro atoms. The van der Waals surface area contributed by atoms with Gasteiger partial charge < -0.3 is 5.73 Å². The summed E-state index contributed by atoms with van der Waals surface area (Å²) in [6, 6.07) is 0. The Labute approximate surface area is 70.4 Å². The van der Waals surface area contributed by atoms with Crippen LogP contribution in [0, 0.1) is 0 Å². The smallest absolute Gasteiger partial charge is 0.239 e. The van der Waals surface area contributed by atoms with E-state index in [0.717, 1.165) is 4.60 Å². The van der Waals surface area contributed by atoms with Crippen LogP contribution in [-0.4, -0.2) is 19.4 Å². The van der Waals surface area contributed by atoms with Gasteiger partial charge in [0.25, 0.3) is 0 Å². The van der Waals surface area contributed by atoms with Crippen molar-refractivity contribution in [3.63, 3.8) is 0 Å². The molecule has 0 fully saturated rings. The van der Waals surface area contributed by atoms with Gasteiger partial charge in [0, 0.05) is 0 Å². The summed E-state index contributed by atoms with van der Waals surface area (Å²) in [6.07, 6.45) is 3.00. The zero-order valence-corrected chi connectivity index (χ0v) is 6.98. The first-order valence-corrected chi connectivity index (χ1v) is 3.68. The third-order valence-corrected chi connectivity index (χ3v) is 1.85. The number of anilines is 1. The molecular formula is C5H4BrN5. The molecule has 5 nitrogen and oxygen atoms in total. The summed E-state index contributed by atoms with van der Waals surface area (Å²) < 4.78 is 2.37. The predicted octanol–water partition coefficient (Wildman–Crippen LogP) is 0.469. The molecule has 0 saturated heterocycles. The van der Waals surface area contributed by atoms with Crippen LogP contribution in [0.4, 0.5) is 5.95 Å². The summed E-state index contributed by atoms with van der Waals surface area (Å²) in [5, 5.41) is 0. The van der Waals surface area contributed by atoms with Crippen molar-refractivity contribution < 1.29 is 0 Å². The molecule has 0 aromatic carbocycles. The third kappa shape index (κ3) is 0.864. The molecule has 0 amide bonds. The Balaban J connectivity index is 2.96. The maximum Gasteiger partial charge on any atom is 0.239 e. The first kappa shape index (κ1) is 6.53. The largest absolute Gasteiger partial charge is 0.369 e. The van der Waals surface area contributed by atoms with Gasteiger partial charge in [0.15, 0.2) is 0 Å². The normalized spacial score (nSPS) is 10.6. The number of halogens is 1. The molecule has 2 N–H and O–H groups in total. The number of nitrogen functional groups attached to an aromatic ring is 1. The number of nitrogens with zero attached hydrogens (tertiary/aromatic N) is 4. The van der Waals surface area contributed by atoms with Crippen molar-refractivity contribution in [3.05, 3.63) is 17.1 Å². The average Bonchev–Trinajstić information content (AvgIpc) is 2.34. The van der Waals surface area contributed by atoms with Crippen molar-refractivity contribution >= 4 is 27.7 Å². The van der Waals surface area contributed by atoms with E-state index < -0.39 is 0 Å². The first-order valence-electron chi connectivity index (χ1n) is 2.88. The summed E-state index contributed by atoms with van der Waals surface area (Å²) in [6.45, 7) is 0. The molecule has 56 valence electrons. The fourth-order valence-corrected chi connectivity index (χ4v) is 1.27. The summed E-state index contributed by atoms with van der Waals surface area (Å²) in [5.74, 6) is 0.920. The van der Waals surface area contributed by atoms with Gasteiger partial charge in [0.2, 0.25) is 11.7 Å². The van der Waals surface area contributed by atoms with Crippen molar-refractivity contribution in [1.29, 1.82) is 0 Å². The van der Waals surface area contributed by atoms with E-state index in [0.29, 0.717) is 11.7 Å². The minimum absolute atomic E-state index is 0.374. The summed E-state index contributed by atoms with van der Waals surface area (Å²) in [4.78, 5) is 11.7. The van der Waals surface area contributed by atoms with Crippen LogP contribution in [-0.2, 0) is 0 Å². The van der Waals surface area contributed by atoms with Crippen molar-refractivity contribution in [1.82, 2.24) is 19.4 Å². The zero-order chi connectivity index (χ0) is 7.84. The second kappa shape index (κ2) is 2.16. The van der Waals surface area contributed by atoms with Gasteiger partial charge in [0.1, 0.15) is 10.9 Å². The van der Waals surface area contributed by atoms with Crippen molar-refractivity contribution in [3.8, 4) is 0 Å². The van der Waals surface area contributed by atoms with Gasteiger partial charge in [-0.15, -0.1) is 0 Å². The highest BCUT2D eigenvalue weighted by atomic mass is 79.9. The second-order valence-corrected chi connectivity index (χ2v) is 2.76. The van der Waals surface area contributed by atoms with Gasteiger partial charge in [-0.2, -0.15) is 0 Å². The molecule has 2 heterocycles. The molecule has 0 unspecified atom stereocenters. The van der Waals surface area contributed by atoms with Crippen LogP contribution in [0.15, 0.2) is 17.1 Å². The van der Waals surface area contributed by atoms with E-state index in [4.69, 9.17) is 5.73 Å². The Bertz CT molecular complexity index is 395. The Morgan fingerprint density at radius 1 is 1.36 bits per heavy atom. The Morgan fingerprint density at radius 2 is 2.18 bits per heavy atom. The van der Waals surface area contributed by atoms with E-state index in [2.05, 4.69) is 30.9 Å². The minimum Gasteiger partial charge on any atom is -0.369 e. The molecular weight excluding hydrogens is 210 g/mol. The lowest BCUT2D eigenvalue weighted by molar-refractivity contribution is 1.01. The Kier molecular flexibility index (Phi) is 1.28. The second-order valence-electron chi connectivity index (χ2n) is 1.95. The fourth-order valence-electron chi connectivity index (χ4n) is 0.822. The van der Waals surface area contributed by atoms with E-state index in [9.17, 15) is 0 Å². The van der Waals surface area contributed by atoms with E-state index in [1.807, 2.05) is 0 Å². The molecule has 0 atom stereocenters. The maximum atomic E-state index is 5.54. The third-order valence-electron chi connectivity index (χ3n) is 1.29. The Morgan fingerprint density at radius 3 is 2.91 bits per heavy atom. The Hall–Kier alpha value is -1.17. The van der Waals surface area contributed by atoms with Gasteiger partial charge >= 0.3 is 0 Å². The van der Waals surface area contributed by atoms with Crippen molar-refractivity contribution in [2.24, 2.45) is 0 Å². The van der Waals surface area contributed by atoms with E-state index in [-0.39, 0.29) is 0 Å². The highest BCUT2D eigenvalue weighted by molar-refractivity contribution is 9.10. The summed E-state index contributed by atoms with van der Waals surface area (Å²) in [5.41, 5.74) is 5.54. The molecule has 0 radical (unpaired) electrons. The fraction of sp³-hybridized carbons (Fsp3) is 0. The lowest BCUT2D eigenvalue weighted by Gasteiger charge is -1.95. The molecule has 2 rings (SSSR count). The number of imidazole rings is 1. The molecule has 2 aromatic rings. The topological polar surface area (TPSA) is 69.1 Å². The zero-order valence-electron chi connectivity index (χ0n) is 5.40. The lowest BCUT2D eigenvalue weighted by Crippen LogP contribution is -2.01. The number of aromatic nitrogens is 4. The van der Waals surface area contributed by atoms with Crippen molar-refractivity contribution in [2.45, 2.75) is 0 Å². The highest BCUT2D eigenvalue weighted by Gasteiger charge is 2.03. The SMILES string of the molecule is Nc1ncnc2ncc(Br)n12. The standard InChI is InChI=1S/C5H4BrN5/c6-3-1-8-5-10-2-9-4(7)11(3)5/h1-2H,(H2,7,8,9,10). The lowest BCUT2D eigenvalue weighted by atomic mass is 10.8. The highest BCUT2D eigenvalue weighted by Crippen LogP contribution is 2.12. The van der Waals surface area contributed by atoms with E-state index >= 15 is 0 Å². The number of fused-ring (bicyclic) bond motifs is 1. The van der Waals surface area contributed by atoms with Crippen LogP contribution in [0.1, 0.15) is 0 Å². The van der Waals surface area contributed by atoms with Crippen LogP contribution in [0.5, 0.6) is 0 Å². The van der Waals surface area contributed by atoms with Gasteiger partial charge in [-0.25, -0.2) is 19.4 Å². The molecule has 0 aliphatic carbocycles. The number of nitrogens with two attached hydrogens (primary N) is 1. The van der Waals surface area contributed by atoms with Gasteiger partial charge in [0.05, 0.1) is 6.20 Å². The van der Waals surface area contributed by atoms with Crippen LogP contribution >= 0.6 is 15.9 Å². The quantitative estimate of drug-likeness (QED) is 0.691. The molecule has 0 aliphatic heterocycles. The van der Waals surface area contributed by atoms with Crippen molar-refractivity contribution in [2.75, 3.05) is 5.73 Å². The number of hydrogen-bond acceptors (Lipinski definition) is 4. The molecule has 6 heteroatoms. The van der Waals surface area contributed by atoms with Crippen LogP contribution < -0.4 is 5.73 Å².